The minimum Gasteiger partial charge on any atom is -0.481 e. The van der Waals surface area contributed by atoms with Gasteiger partial charge in [0.25, 0.3) is 5.91 Å². The molecule has 1 atom stereocenters. The van der Waals surface area contributed by atoms with Gasteiger partial charge in [-0.25, -0.2) is 4.98 Å². The lowest BCUT2D eigenvalue weighted by atomic mass is 10.2. The van der Waals surface area contributed by atoms with Gasteiger partial charge in [-0.3, -0.25) is 9.69 Å². The molecule has 4 rings (SSSR count). The molecule has 1 aromatic carbocycles. The van der Waals surface area contributed by atoms with Crippen LogP contribution in [0.3, 0.4) is 0 Å². The predicted octanol–water partition coefficient (Wildman–Crippen LogP) is 2.75. The molecule has 3 heterocycles. The second kappa shape index (κ2) is 8.02. The van der Waals surface area contributed by atoms with Gasteiger partial charge >= 0.3 is 0 Å². The maximum atomic E-state index is 12.7. The third-order valence-electron chi connectivity index (χ3n) is 5.17. The molecule has 1 saturated heterocycles. The number of pyridine rings is 1. The lowest BCUT2D eigenvalue weighted by Gasteiger charge is -2.35. The van der Waals surface area contributed by atoms with Gasteiger partial charge in [0.15, 0.2) is 6.10 Å². The molecule has 1 amide bonds. The molecule has 2 aromatic heterocycles. The van der Waals surface area contributed by atoms with Crippen LogP contribution < -0.4 is 4.74 Å². The number of carbonyl (C=O) groups is 1. The van der Waals surface area contributed by atoms with Crippen molar-refractivity contribution >= 4 is 11.6 Å². The molecule has 0 bridgehead atoms. The zero-order chi connectivity index (χ0) is 19.5. The third-order valence-corrected chi connectivity index (χ3v) is 5.17. The zero-order valence-electron chi connectivity index (χ0n) is 16.4. The summed E-state index contributed by atoms with van der Waals surface area (Å²) < 4.78 is 7.86. The highest BCUT2D eigenvalue weighted by Gasteiger charge is 2.26. The highest BCUT2D eigenvalue weighted by molar-refractivity contribution is 5.81. The largest absolute Gasteiger partial charge is 0.481 e. The second-order valence-electron chi connectivity index (χ2n) is 7.37. The molecule has 1 unspecified atom stereocenters. The summed E-state index contributed by atoms with van der Waals surface area (Å²) in [6.45, 7) is 7.78. The molecule has 0 radical (unpaired) electrons. The first kappa shape index (κ1) is 18.5. The average molecular weight is 378 g/mol. The van der Waals surface area contributed by atoms with E-state index in [1.165, 1.54) is 5.56 Å². The molecule has 0 N–H and O–H groups in total. The maximum Gasteiger partial charge on any atom is 0.263 e. The molecule has 3 aromatic rings. The molecule has 0 aliphatic carbocycles. The monoisotopic (exact) mass is 378 g/mol. The Labute approximate surface area is 165 Å². The molecule has 1 aliphatic rings. The first-order valence-corrected chi connectivity index (χ1v) is 9.75. The van der Waals surface area contributed by atoms with Crippen molar-refractivity contribution in [3.05, 3.63) is 66.1 Å². The standard InChI is InChI=1S/C22H26N4O2/c1-17-6-8-20(9-7-17)28-18(2)22(27)25-13-11-24(12-14-25)15-19-16-26-10-4-3-5-21(26)23-19/h3-10,16,18H,11-15H2,1-2H3. The Hall–Kier alpha value is -2.86. The molecule has 1 aliphatic heterocycles. The van der Waals surface area contributed by atoms with Gasteiger partial charge in [-0.1, -0.05) is 23.8 Å². The number of benzene rings is 1. The minimum absolute atomic E-state index is 0.0490. The van der Waals surface area contributed by atoms with Crippen LogP contribution in [0, 0.1) is 6.92 Å². The van der Waals surface area contributed by atoms with E-state index >= 15 is 0 Å². The Morgan fingerprint density at radius 2 is 1.86 bits per heavy atom. The van der Waals surface area contributed by atoms with Crippen LogP contribution in [0.5, 0.6) is 5.75 Å². The molecule has 1 fully saturated rings. The average Bonchev–Trinajstić information content (AvgIpc) is 3.12. The number of amides is 1. The summed E-state index contributed by atoms with van der Waals surface area (Å²) in [7, 11) is 0. The van der Waals surface area contributed by atoms with Gasteiger partial charge in [0.1, 0.15) is 11.4 Å². The van der Waals surface area contributed by atoms with E-state index in [1.807, 2.05) is 71.8 Å². The normalized spacial score (nSPS) is 16.3. The van der Waals surface area contributed by atoms with Crippen molar-refractivity contribution in [3.8, 4) is 5.75 Å². The summed E-state index contributed by atoms with van der Waals surface area (Å²) in [5, 5.41) is 0. The van der Waals surface area contributed by atoms with Gasteiger partial charge in [-0.15, -0.1) is 0 Å². The molecule has 146 valence electrons. The Morgan fingerprint density at radius 3 is 2.57 bits per heavy atom. The molecule has 6 heteroatoms. The van der Waals surface area contributed by atoms with Crippen LogP contribution in [-0.2, 0) is 11.3 Å². The van der Waals surface area contributed by atoms with E-state index in [2.05, 4.69) is 16.1 Å². The number of carbonyl (C=O) groups excluding carboxylic acids is 1. The Balaban J connectivity index is 1.29. The van der Waals surface area contributed by atoms with E-state index in [0.717, 1.165) is 36.7 Å². The van der Waals surface area contributed by atoms with Crippen LogP contribution in [0.25, 0.3) is 5.65 Å². The summed E-state index contributed by atoms with van der Waals surface area (Å²) in [6, 6.07) is 13.8. The molecular formula is C22H26N4O2. The van der Waals surface area contributed by atoms with E-state index in [4.69, 9.17) is 4.74 Å². The van der Waals surface area contributed by atoms with Crippen molar-refractivity contribution in [2.45, 2.75) is 26.5 Å². The highest BCUT2D eigenvalue weighted by atomic mass is 16.5. The fourth-order valence-electron chi connectivity index (χ4n) is 3.55. The lowest BCUT2D eigenvalue weighted by molar-refractivity contribution is -0.139. The van der Waals surface area contributed by atoms with E-state index < -0.39 is 6.10 Å². The SMILES string of the molecule is Cc1ccc(OC(C)C(=O)N2CCN(Cc3cn4ccccc4n3)CC2)cc1. The number of ether oxygens (including phenoxy) is 1. The van der Waals surface area contributed by atoms with Crippen LogP contribution in [0.4, 0.5) is 0 Å². The first-order valence-electron chi connectivity index (χ1n) is 9.75. The van der Waals surface area contributed by atoms with E-state index in [1.54, 1.807) is 0 Å². The number of aromatic nitrogens is 2. The molecule has 6 nitrogen and oxygen atoms in total. The Kier molecular flexibility index (Phi) is 5.30. The number of hydrogen-bond acceptors (Lipinski definition) is 4. The summed E-state index contributed by atoms with van der Waals surface area (Å²) in [4.78, 5) is 21.6. The number of rotatable bonds is 5. The molecule has 28 heavy (non-hydrogen) atoms. The van der Waals surface area contributed by atoms with Crippen LogP contribution in [0.2, 0.25) is 0 Å². The van der Waals surface area contributed by atoms with Crippen molar-refractivity contribution in [3.63, 3.8) is 0 Å². The van der Waals surface area contributed by atoms with Crippen molar-refractivity contribution in [2.75, 3.05) is 26.2 Å². The fraction of sp³-hybridized carbons (Fsp3) is 0.364. The maximum absolute atomic E-state index is 12.7. The predicted molar refractivity (Wildman–Crippen MR) is 108 cm³/mol. The third kappa shape index (κ3) is 4.17. The number of aryl methyl sites for hydroxylation is 1. The van der Waals surface area contributed by atoms with E-state index in [-0.39, 0.29) is 5.91 Å². The summed E-state index contributed by atoms with van der Waals surface area (Å²) in [6.07, 6.45) is 3.61. The van der Waals surface area contributed by atoms with Crippen molar-refractivity contribution in [1.29, 1.82) is 0 Å². The van der Waals surface area contributed by atoms with Gasteiger partial charge in [0.05, 0.1) is 5.69 Å². The summed E-state index contributed by atoms with van der Waals surface area (Å²) in [5.74, 6) is 0.782. The quantitative estimate of drug-likeness (QED) is 0.685. The lowest BCUT2D eigenvalue weighted by Crippen LogP contribution is -2.51. The number of fused-ring (bicyclic) bond motifs is 1. The molecule has 0 saturated carbocycles. The summed E-state index contributed by atoms with van der Waals surface area (Å²) in [5.41, 5.74) is 3.20. The van der Waals surface area contributed by atoms with E-state index in [9.17, 15) is 4.79 Å². The minimum atomic E-state index is -0.479. The van der Waals surface area contributed by atoms with E-state index in [0.29, 0.717) is 13.1 Å². The zero-order valence-corrected chi connectivity index (χ0v) is 16.4. The first-order chi connectivity index (χ1) is 13.6. The van der Waals surface area contributed by atoms with Crippen molar-refractivity contribution in [1.82, 2.24) is 19.2 Å². The van der Waals surface area contributed by atoms with Gasteiger partial charge < -0.3 is 14.0 Å². The second-order valence-corrected chi connectivity index (χ2v) is 7.37. The van der Waals surface area contributed by atoms with Gasteiger partial charge in [0.2, 0.25) is 0 Å². The van der Waals surface area contributed by atoms with Gasteiger partial charge in [0, 0.05) is 45.1 Å². The van der Waals surface area contributed by atoms with Gasteiger partial charge in [-0.2, -0.15) is 0 Å². The highest BCUT2D eigenvalue weighted by Crippen LogP contribution is 2.15. The molecular weight excluding hydrogens is 352 g/mol. The Morgan fingerprint density at radius 1 is 1.11 bits per heavy atom. The number of imidazole rings is 1. The van der Waals surface area contributed by atoms with Crippen LogP contribution in [0.1, 0.15) is 18.2 Å². The van der Waals surface area contributed by atoms with Crippen LogP contribution in [-0.4, -0.2) is 57.4 Å². The number of hydrogen-bond donors (Lipinski definition) is 0. The Bertz CT molecular complexity index is 910. The van der Waals surface area contributed by atoms with Crippen molar-refractivity contribution in [2.24, 2.45) is 0 Å². The molecule has 0 spiro atoms. The smallest absolute Gasteiger partial charge is 0.263 e. The van der Waals surface area contributed by atoms with Crippen molar-refractivity contribution < 1.29 is 9.53 Å². The number of piperazine rings is 1. The topological polar surface area (TPSA) is 50.1 Å². The number of nitrogens with zero attached hydrogens (tertiary/aromatic N) is 4. The van der Waals surface area contributed by atoms with Crippen LogP contribution in [0.15, 0.2) is 54.9 Å². The van der Waals surface area contributed by atoms with Crippen LogP contribution >= 0.6 is 0 Å². The van der Waals surface area contributed by atoms with Gasteiger partial charge in [-0.05, 0) is 38.1 Å². The summed E-state index contributed by atoms with van der Waals surface area (Å²) >= 11 is 0. The fourth-order valence-corrected chi connectivity index (χ4v) is 3.55.